The Labute approximate surface area is 273 Å². The quantitative estimate of drug-likeness (QED) is 0.292. The Morgan fingerprint density at radius 1 is 1.00 bits per heavy atom. The predicted molar refractivity (Wildman–Crippen MR) is 184 cm³/mol. The molecule has 3 aliphatic heterocycles. The van der Waals surface area contributed by atoms with Crippen LogP contribution < -0.4 is 5.32 Å². The van der Waals surface area contributed by atoms with Crippen LogP contribution in [0.1, 0.15) is 66.6 Å². The lowest BCUT2D eigenvalue weighted by molar-refractivity contribution is 0.0462. The molecule has 11 heteroatoms. The van der Waals surface area contributed by atoms with E-state index in [1.165, 1.54) is 24.8 Å². The number of aryl methyl sites for hydroxylation is 1. The van der Waals surface area contributed by atoms with Gasteiger partial charge in [0.25, 0.3) is 5.91 Å². The third-order valence-electron chi connectivity index (χ3n) is 10.1. The molecule has 2 bridgehead atoms. The molecule has 2 aromatic carbocycles. The fraction of sp³-hybridized carbons (Fsp3) is 0.543. The number of nitrogens with one attached hydrogen (secondary N) is 2. The number of piperidine rings is 2. The number of amides is 1. The topological polar surface area (TPSA) is 107 Å². The molecule has 1 amide bonds. The average Bonchev–Trinajstić information content (AvgIpc) is 3.77. The summed E-state index contributed by atoms with van der Waals surface area (Å²) < 4.78 is 28.4. The second-order valence-corrected chi connectivity index (χ2v) is 15.6. The maximum atomic E-state index is 12.7. The standard InChI is InChI=1S/C18H24N4O.C17H25N3O2S/c1-21-13-6-5-7-14(21)11-12(10-13)19-18(23)17-15-8-3-4-9-16(15)22(2)20-17;1-19(2)10-7-15-12-18-17-6-5-14(11-16(15)17)13-23(21,22)20-8-3-4-9-20/h3-4,8-9,12-14H,5-7,10-11H2,1-2H3,(H,19,23);5-6,11-12,18H,3-4,7-10,13H2,1-2H3/t12-,13+,14-;. The largest absolute Gasteiger partial charge is 0.361 e. The van der Waals surface area contributed by atoms with Crippen LogP contribution in [0.2, 0.25) is 0 Å². The lowest BCUT2D eigenvalue weighted by Crippen LogP contribution is -2.55. The number of hydrogen-bond donors (Lipinski definition) is 2. The van der Waals surface area contributed by atoms with E-state index in [0.717, 1.165) is 66.0 Å². The van der Waals surface area contributed by atoms with Crippen molar-refractivity contribution in [2.45, 2.75) is 75.2 Å². The fourth-order valence-electron chi connectivity index (χ4n) is 7.50. The number of sulfonamides is 1. The first kappa shape index (κ1) is 32.7. The minimum Gasteiger partial charge on any atom is -0.361 e. The zero-order chi connectivity index (χ0) is 32.4. The first-order valence-corrected chi connectivity index (χ1v) is 18.4. The molecule has 3 aliphatic rings. The lowest BCUT2D eigenvalue weighted by Gasteiger charge is -2.47. The van der Waals surface area contributed by atoms with Gasteiger partial charge in [0.1, 0.15) is 0 Å². The summed E-state index contributed by atoms with van der Waals surface area (Å²) in [6, 6.07) is 15.4. The summed E-state index contributed by atoms with van der Waals surface area (Å²) in [7, 11) is 5.05. The van der Waals surface area contributed by atoms with Gasteiger partial charge in [-0.2, -0.15) is 5.10 Å². The Balaban J connectivity index is 0.000000162. The molecule has 7 rings (SSSR count). The predicted octanol–water partition coefficient (Wildman–Crippen LogP) is 4.52. The van der Waals surface area contributed by atoms with E-state index in [0.29, 0.717) is 30.9 Å². The highest BCUT2D eigenvalue weighted by Gasteiger charge is 2.37. The minimum atomic E-state index is -3.19. The Morgan fingerprint density at radius 3 is 2.43 bits per heavy atom. The highest BCUT2D eigenvalue weighted by atomic mass is 32.2. The van der Waals surface area contributed by atoms with Gasteiger partial charge >= 0.3 is 0 Å². The Hall–Kier alpha value is -3.25. The third kappa shape index (κ3) is 7.17. The van der Waals surface area contributed by atoms with E-state index in [4.69, 9.17) is 0 Å². The van der Waals surface area contributed by atoms with Gasteiger partial charge in [-0.1, -0.05) is 30.7 Å². The van der Waals surface area contributed by atoms with Crippen molar-refractivity contribution in [3.8, 4) is 0 Å². The van der Waals surface area contributed by atoms with Crippen molar-refractivity contribution in [3.05, 3.63) is 65.5 Å². The smallest absolute Gasteiger partial charge is 0.272 e. The van der Waals surface area contributed by atoms with E-state index in [1.807, 2.05) is 55.7 Å². The molecular formula is C35H49N7O3S. The molecule has 0 radical (unpaired) electrons. The first-order valence-electron chi connectivity index (χ1n) is 16.7. The summed E-state index contributed by atoms with van der Waals surface area (Å²) in [4.78, 5) is 20.7. The molecule has 0 aliphatic carbocycles. The first-order chi connectivity index (χ1) is 22.1. The van der Waals surface area contributed by atoms with E-state index in [2.05, 4.69) is 46.3 Å². The molecular weight excluding hydrogens is 598 g/mol. The average molecular weight is 648 g/mol. The Morgan fingerprint density at radius 2 is 1.72 bits per heavy atom. The Kier molecular flexibility index (Phi) is 9.84. The van der Waals surface area contributed by atoms with E-state index < -0.39 is 10.0 Å². The van der Waals surface area contributed by atoms with Gasteiger partial charge in [-0.15, -0.1) is 0 Å². The van der Waals surface area contributed by atoms with Gasteiger partial charge in [0, 0.05) is 67.3 Å². The number of likely N-dealkylation sites (N-methyl/N-ethyl adjacent to an activating group) is 1. The number of nitrogens with zero attached hydrogens (tertiary/aromatic N) is 5. The second-order valence-electron chi connectivity index (χ2n) is 13.6. The molecule has 3 fully saturated rings. The maximum absolute atomic E-state index is 12.7. The van der Waals surface area contributed by atoms with Crippen molar-refractivity contribution in [1.29, 1.82) is 0 Å². The van der Waals surface area contributed by atoms with Crippen LogP contribution in [0.15, 0.2) is 48.7 Å². The molecule has 0 saturated carbocycles. The van der Waals surface area contributed by atoms with E-state index in [1.54, 1.807) is 8.99 Å². The van der Waals surface area contributed by atoms with Crippen LogP contribution in [0.5, 0.6) is 0 Å². The Bertz CT molecular complexity index is 1760. The van der Waals surface area contributed by atoms with Crippen LogP contribution in [-0.2, 0) is 29.2 Å². The normalized spacial score (nSPS) is 22.3. The molecule has 5 heterocycles. The van der Waals surface area contributed by atoms with Crippen LogP contribution in [0.4, 0.5) is 0 Å². The highest BCUT2D eigenvalue weighted by Crippen LogP contribution is 2.33. The molecule has 3 atom stereocenters. The summed E-state index contributed by atoms with van der Waals surface area (Å²) in [6.07, 6.45) is 10.9. The number of carbonyl (C=O) groups excluding carboxylic acids is 1. The van der Waals surface area contributed by atoms with Gasteiger partial charge in [-0.05, 0) is 95.4 Å². The zero-order valence-electron chi connectivity index (χ0n) is 27.7. The molecule has 0 spiro atoms. The summed E-state index contributed by atoms with van der Waals surface area (Å²) in [6.45, 7) is 2.31. The second kappa shape index (κ2) is 13.9. The van der Waals surface area contributed by atoms with Gasteiger partial charge in [-0.25, -0.2) is 12.7 Å². The summed E-state index contributed by atoms with van der Waals surface area (Å²) in [5.41, 5.74) is 4.73. The van der Waals surface area contributed by atoms with Crippen LogP contribution in [0.25, 0.3) is 21.8 Å². The molecule has 10 nitrogen and oxygen atoms in total. The summed E-state index contributed by atoms with van der Waals surface area (Å²) in [5.74, 6) is 0.0655. The number of aromatic amines is 1. The number of aromatic nitrogens is 3. The molecule has 4 aromatic rings. The molecule has 0 unspecified atom stereocenters. The monoisotopic (exact) mass is 647 g/mol. The van der Waals surface area contributed by atoms with E-state index in [-0.39, 0.29) is 17.7 Å². The van der Waals surface area contributed by atoms with Crippen LogP contribution in [0, 0.1) is 0 Å². The lowest BCUT2D eigenvalue weighted by atomic mass is 9.82. The molecule has 2 aromatic heterocycles. The minimum absolute atomic E-state index is 0.0329. The van der Waals surface area contributed by atoms with Crippen molar-refractivity contribution < 1.29 is 13.2 Å². The third-order valence-corrected chi connectivity index (χ3v) is 12.0. The fourth-order valence-corrected chi connectivity index (χ4v) is 9.10. The van der Waals surface area contributed by atoms with Gasteiger partial charge in [0.2, 0.25) is 10.0 Å². The number of fused-ring (bicyclic) bond motifs is 4. The van der Waals surface area contributed by atoms with E-state index >= 15 is 0 Å². The van der Waals surface area contributed by atoms with E-state index in [9.17, 15) is 13.2 Å². The van der Waals surface area contributed by atoms with Crippen molar-refractivity contribution in [3.63, 3.8) is 0 Å². The number of benzene rings is 2. The maximum Gasteiger partial charge on any atom is 0.272 e. The van der Waals surface area contributed by atoms with Gasteiger partial charge in [-0.3, -0.25) is 9.48 Å². The van der Waals surface area contributed by atoms with Crippen LogP contribution in [-0.4, -0.2) is 102 Å². The molecule has 46 heavy (non-hydrogen) atoms. The number of rotatable bonds is 8. The van der Waals surface area contributed by atoms with Gasteiger partial charge in [0.15, 0.2) is 5.69 Å². The number of carbonyl (C=O) groups is 1. The van der Waals surface area contributed by atoms with Crippen molar-refractivity contribution in [2.24, 2.45) is 7.05 Å². The SMILES string of the molecule is CN(C)CCc1c[nH]c2ccc(CS(=O)(=O)N3CCCC3)cc12.CN1[C@@H]2CCC[C@H]1C[C@@H](NC(=O)c1nn(C)c3ccccc13)C2. The summed E-state index contributed by atoms with van der Waals surface area (Å²) in [5, 5.41) is 9.76. The number of H-pyrrole nitrogens is 1. The number of para-hydroxylation sites is 1. The van der Waals surface area contributed by atoms with Crippen molar-refractivity contribution in [1.82, 2.24) is 34.2 Å². The zero-order valence-corrected chi connectivity index (χ0v) is 28.5. The highest BCUT2D eigenvalue weighted by molar-refractivity contribution is 7.88. The van der Waals surface area contributed by atoms with Crippen LogP contribution in [0.3, 0.4) is 0 Å². The molecule has 248 valence electrons. The van der Waals surface area contributed by atoms with Crippen molar-refractivity contribution in [2.75, 3.05) is 40.8 Å². The van der Waals surface area contributed by atoms with Crippen molar-refractivity contribution >= 4 is 37.7 Å². The van der Waals surface area contributed by atoms with Gasteiger partial charge < -0.3 is 20.1 Å². The summed E-state index contributed by atoms with van der Waals surface area (Å²) >= 11 is 0. The molecule has 2 N–H and O–H groups in total. The molecule has 3 saturated heterocycles. The van der Waals surface area contributed by atoms with Crippen LogP contribution >= 0.6 is 0 Å². The van der Waals surface area contributed by atoms with Gasteiger partial charge in [0.05, 0.1) is 11.3 Å². The number of hydrogen-bond acceptors (Lipinski definition) is 6.